The maximum Gasteiger partial charge on any atom is 0.305 e. The number of hydrogen-bond donors (Lipinski definition) is 1. The molecule has 1 aromatic carbocycles. The van der Waals surface area contributed by atoms with E-state index in [1.807, 2.05) is 43.0 Å². The Kier molecular flexibility index (Phi) is 4.62. The number of rotatable bonds is 6. The molecule has 0 saturated heterocycles. The summed E-state index contributed by atoms with van der Waals surface area (Å²) in [6.07, 6.45) is 1.83. The molecule has 2 aromatic rings. The molecule has 5 heteroatoms. The van der Waals surface area contributed by atoms with Crippen molar-refractivity contribution in [3.8, 4) is 5.75 Å². The van der Waals surface area contributed by atoms with Crippen molar-refractivity contribution in [1.82, 2.24) is 4.98 Å². The maximum atomic E-state index is 10.9. The highest BCUT2D eigenvalue weighted by molar-refractivity contribution is 5.93. The Labute approximate surface area is 124 Å². The molecule has 0 bridgehead atoms. The number of benzene rings is 1. The van der Waals surface area contributed by atoms with Gasteiger partial charge in [-0.05, 0) is 43.5 Å². The molecule has 21 heavy (non-hydrogen) atoms. The number of hydrogen-bond acceptors (Lipinski definition) is 4. The van der Waals surface area contributed by atoms with Crippen LogP contribution in [0.4, 0.5) is 5.82 Å². The number of anilines is 1. The van der Waals surface area contributed by atoms with Crippen LogP contribution in [-0.4, -0.2) is 35.8 Å². The normalized spacial score (nSPS) is 12.1. The molecule has 5 nitrogen and oxygen atoms in total. The molecule has 0 aliphatic heterocycles. The van der Waals surface area contributed by atoms with E-state index in [9.17, 15) is 4.79 Å². The lowest BCUT2D eigenvalue weighted by molar-refractivity contribution is -0.137. The van der Waals surface area contributed by atoms with E-state index in [4.69, 9.17) is 9.84 Å². The summed E-state index contributed by atoms with van der Waals surface area (Å²) in [5.41, 5.74) is 0. The van der Waals surface area contributed by atoms with E-state index >= 15 is 0 Å². The second-order valence-electron chi connectivity index (χ2n) is 4.95. The van der Waals surface area contributed by atoms with Gasteiger partial charge >= 0.3 is 5.97 Å². The highest BCUT2D eigenvalue weighted by Gasteiger charge is 2.19. The van der Waals surface area contributed by atoms with Gasteiger partial charge in [-0.1, -0.05) is 0 Å². The minimum absolute atomic E-state index is 0.0854. The molecule has 0 spiro atoms. The van der Waals surface area contributed by atoms with Crippen LogP contribution in [0.3, 0.4) is 0 Å². The van der Waals surface area contributed by atoms with Gasteiger partial charge in [-0.3, -0.25) is 4.79 Å². The van der Waals surface area contributed by atoms with Crippen molar-refractivity contribution >= 4 is 22.6 Å². The summed E-state index contributed by atoms with van der Waals surface area (Å²) < 4.78 is 5.24. The lowest BCUT2D eigenvalue weighted by Gasteiger charge is -2.29. The summed E-state index contributed by atoms with van der Waals surface area (Å²) in [7, 11) is 1.64. The van der Waals surface area contributed by atoms with Gasteiger partial charge < -0.3 is 14.7 Å². The molecule has 1 aromatic heterocycles. The van der Waals surface area contributed by atoms with Gasteiger partial charge in [0.25, 0.3) is 0 Å². The molecule has 0 radical (unpaired) electrons. The summed E-state index contributed by atoms with van der Waals surface area (Å²) in [4.78, 5) is 17.4. The van der Waals surface area contributed by atoms with Crippen molar-refractivity contribution in [1.29, 1.82) is 0 Å². The summed E-state index contributed by atoms with van der Waals surface area (Å²) in [5.74, 6) is 0.801. The van der Waals surface area contributed by atoms with Gasteiger partial charge in [0, 0.05) is 24.2 Å². The van der Waals surface area contributed by atoms with E-state index in [2.05, 4.69) is 4.98 Å². The Balaban J connectivity index is 2.46. The predicted octanol–water partition coefficient (Wildman–Crippen LogP) is 2.93. The minimum Gasteiger partial charge on any atom is -0.497 e. The largest absolute Gasteiger partial charge is 0.497 e. The van der Waals surface area contributed by atoms with Gasteiger partial charge in [-0.2, -0.15) is 0 Å². The number of pyridine rings is 1. The van der Waals surface area contributed by atoms with E-state index in [0.717, 1.165) is 22.3 Å². The molecule has 112 valence electrons. The summed E-state index contributed by atoms with van der Waals surface area (Å²) in [6.45, 7) is 4.61. The zero-order valence-electron chi connectivity index (χ0n) is 12.5. The molecule has 0 aliphatic rings. The van der Waals surface area contributed by atoms with Gasteiger partial charge in [0.2, 0.25) is 0 Å². The molecule has 1 heterocycles. The Hall–Kier alpha value is -2.30. The zero-order chi connectivity index (χ0) is 15.4. The molecule has 1 N–H and O–H groups in total. The van der Waals surface area contributed by atoms with Crippen LogP contribution in [0.2, 0.25) is 0 Å². The lowest BCUT2D eigenvalue weighted by atomic mass is 10.1. The number of aliphatic carboxylic acids is 1. The molecule has 1 unspecified atom stereocenters. The quantitative estimate of drug-likeness (QED) is 0.885. The summed E-state index contributed by atoms with van der Waals surface area (Å²) >= 11 is 0. The first-order valence-corrected chi connectivity index (χ1v) is 6.98. The lowest BCUT2D eigenvalue weighted by Crippen LogP contribution is -2.35. The third-order valence-electron chi connectivity index (χ3n) is 3.57. The average molecular weight is 288 g/mol. The first kappa shape index (κ1) is 15.1. The van der Waals surface area contributed by atoms with Gasteiger partial charge in [-0.15, -0.1) is 0 Å². The number of aromatic nitrogens is 1. The minimum atomic E-state index is -0.803. The number of nitrogens with zero attached hydrogens (tertiary/aromatic N) is 2. The van der Waals surface area contributed by atoms with Crippen LogP contribution in [0.25, 0.3) is 10.8 Å². The van der Waals surface area contributed by atoms with Crippen LogP contribution in [0.15, 0.2) is 30.5 Å². The van der Waals surface area contributed by atoms with Crippen molar-refractivity contribution in [3.63, 3.8) is 0 Å². The Morgan fingerprint density at radius 3 is 2.81 bits per heavy atom. The molecule has 0 aliphatic carbocycles. The first-order chi connectivity index (χ1) is 10.1. The Morgan fingerprint density at radius 2 is 2.19 bits per heavy atom. The Bertz CT molecular complexity index is 642. The summed E-state index contributed by atoms with van der Waals surface area (Å²) in [6, 6.07) is 7.62. The van der Waals surface area contributed by atoms with Crippen molar-refractivity contribution in [2.75, 3.05) is 18.6 Å². The monoisotopic (exact) mass is 288 g/mol. The topological polar surface area (TPSA) is 62.7 Å². The van der Waals surface area contributed by atoms with Crippen LogP contribution < -0.4 is 9.64 Å². The first-order valence-electron chi connectivity index (χ1n) is 6.98. The number of carboxylic acids is 1. The second-order valence-corrected chi connectivity index (χ2v) is 4.95. The van der Waals surface area contributed by atoms with E-state index in [-0.39, 0.29) is 12.5 Å². The van der Waals surface area contributed by atoms with Crippen LogP contribution in [0.1, 0.15) is 20.3 Å². The smallest absolute Gasteiger partial charge is 0.305 e. The van der Waals surface area contributed by atoms with Crippen molar-refractivity contribution in [3.05, 3.63) is 30.5 Å². The van der Waals surface area contributed by atoms with Crippen molar-refractivity contribution < 1.29 is 14.6 Å². The number of ether oxygens (including phenoxy) is 1. The van der Waals surface area contributed by atoms with E-state index in [0.29, 0.717) is 6.54 Å². The highest BCUT2D eigenvalue weighted by Crippen LogP contribution is 2.29. The number of fused-ring (bicyclic) bond motifs is 1. The fourth-order valence-corrected chi connectivity index (χ4v) is 2.53. The van der Waals surface area contributed by atoms with Gasteiger partial charge in [-0.25, -0.2) is 4.98 Å². The van der Waals surface area contributed by atoms with Gasteiger partial charge in [0.1, 0.15) is 11.6 Å². The molecule has 0 amide bonds. The second kappa shape index (κ2) is 6.43. The van der Waals surface area contributed by atoms with Crippen LogP contribution >= 0.6 is 0 Å². The van der Waals surface area contributed by atoms with Crippen molar-refractivity contribution in [2.24, 2.45) is 0 Å². The standard InChI is InChI=1S/C16H20N2O3/c1-4-18(11(2)9-15(19)20)16-14-6-5-13(21-3)10-12(14)7-8-17-16/h5-8,10-11H,4,9H2,1-3H3,(H,19,20). The molecule has 2 rings (SSSR count). The van der Waals surface area contributed by atoms with Crippen LogP contribution in [0, 0.1) is 0 Å². The third-order valence-corrected chi connectivity index (χ3v) is 3.57. The molecular formula is C16H20N2O3. The number of carboxylic acid groups (broad SMARTS) is 1. The molecular weight excluding hydrogens is 268 g/mol. The summed E-state index contributed by atoms with van der Waals surface area (Å²) in [5, 5.41) is 11.0. The van der Waals surface area contributed by atoms with Gasteiger partial charge in [0.05, 0.1) is 13.5 Å². The SMILES string of the molecule is CCN(c1nccc2cc(OC)ccc12)C(C)CC(=O)O. The average Bonchev–Trinajstić information content (AvgIpc) is 2.46. The van der Waals surface area contributed by atoms with Gasteiger partial charge in [0.15, 0.2) is 0 Å². The fraction of sp³-hybridized carbons (Fsp3) is 0.375. The predicted molar refractivity (Wildman–Crippen MR) is 83.0 cm³/mol. The number of carbonyl (C=O) groups is 1. The van der Waals surface area contributed by atoms with E-state index in [1.165, 1.54) is 0 Å². The molecule has 1 atom stereocenters. The number of methoxy groups -OCH3 is 1. The molecule has 0 saturated carbocycles. The van der Waals surface area contributed by atoms with Crippen molar-refractivity contribution in [2.45, 2.75) is 26.3 Å². The van der Waals surface area contributed by atoms with E-state index < -0.39 is 5.97 Å². The molecule has 0 fully saturated rings. The van der Waals surface area contributed by atoms with E-state index in [1.54, 1.807) is 13.3 Å². The third kappa shape index (κ3) is 3.24. The highest BCUT2D eigenvalue weighted by atomic mass is 16.5. The Morgan fingerprint density at radius 1 is 1.43 bits per heavy atom. The maximum absolute atomic E-state index is 10.9. The zero-order valence-corrected chi connectivity index (χ0v) is 12.5. The van der Waals surface area contributed by atoms with Crippen LogP contribution in [-0.2, 0) is 4.79 Å². The van der Waals surface area contributed by atoms with Crippen LogP contribution in [0.5, 0.6) is 5.75 Å². The fourth-order valence-electron chi connectivity index (χ4n) is 2.53.